The lowest BCUT2D eigenvalue weighted by molar-refractivity contribution is 0.0724. The number of amides is 1. The van der Waals surface area contributed by atoms with Crippen LogP contribution in [-0.2, 0) is 5.41 Å². The predicted octanol–water partition coefficient (Wildman–Crippen LogP) is 5.83. The highest BCUT2D eigenvalue weighted by molar-refractivity contribution is 5.99. The molecule has 0 spiro atoms. The monoisotopic (exact) mass is 403 g/mol. The van der Waals surface area contributed by atoms with Crippen molar-refractivity contribution in [3.8, 4) is 0 Å². The molecule has 1 aliphatic rings. The molecule has 156 valence electrons. The van der Waals surface area contributed by atoms with Gasteiger partial charge in [0.25, 0.3) is 5.91 Å². The topological polar surface area (TPSA) is 50.5 Å². The molecule has 0 fully saturated rings. The number of carbonyl (C=O) groups excluding carboxylic acids is 1. The van der Waals surface area contributed by atoms with Crippen LogP contribution < -0.4 is 5.43 Å². The SMILES string of the molecule is CCCCCN1C(=O)c2oc3ccccc3c(=O)c2C1c1ccc(C(C)(C)C)cc1. The molecule has 0 saturated carbocycles. The predicted molar refractivity (Wildman–Crippen MR) is 120 cm³/mol. The van der Waals surface area contributed by atoms with E-state index in [1.165, 1.54) is 5.56 Å². The lowest BCUT2D eigenvalue weighted by Gasteiger charge is -2.26. The fraction of sp³-hybridized carbons (Fsp3) is 0.385. The molecule has 1 aliphatic heterocycles. The Kier molecular flexibility index (Phi) is 5.27. The van der Waals surface area contributed by atoms with Crippen molar-refractivity contribution in [3.63, 3.8) is 0 Å². The van der Waals surface area contributed by atoms with Crippen molar-refractivity contribution in [2.24, 2.45) is 0 Å². The van der Waals surface area contributed by atoms with E-state index in [-0.39, 0.29) is 22.5 Å². The van der Waals surface area contributed by atoms with Crippen LogP contribution >= 0.6 is 0 Å². The van der Waals surface area contributed by atoms with E-state index in [1.807, 2.05) is 17.0 Å². The molecule has 4 nitrogen and oxygen atoms in total. The van der Waals surface area contributed by atoms with E-state index in [1.54, 1.807) is 12.1 Å². The maximum absolute atomic E-state index is 13.4. The summed E-state index contributed by atoms with van der Waals surface area (Å²) in [5.41, 5.74) is 3.04. The highest BCUT2D eigenvalue weighted by atomic mass is 16.3. The Bertz CT molecular complexity index is 1140. The van der Waals surface area contributed by atoms with Gasteiger partial charge in [-0.15, -0.1) is 0 Å². The first-order chi connectivity index (χ1) is 14.3. The highest BCUT2D eigenvalue weighted by Crippen LogP contribution is 2.39. The third-order valence-electron chi connectivity index (χ3n) is 5.97. The lowest BCUT2D eigenvalue weighted by Crippen LogP contribution is -2.30. The van der Waals surface area contributed by atoms with E-state index >= 15 is 0 Å². The van der Waals surface area contributed by atoms with Gasteiger partial charge in [-0.2, -0.15) is 0 Å². The molecule has 30 heavy (non-hydrogen) atoms. The van der Waals surface area contributed by atoms with Crippen LogP contribution in [0.3, 0.4) is 0 Å². The van der Waals surface area contributed by atoms with E-state index in [9.17, 15) is 9.59 Å². The summed E-state index contributed by atoms with van der Waals surface area (Å²) < 4.78 is 5.97. The van der Waals surface area contributed by atoms with Gasteiger partial charge in [0.1, 0.15) is 5.58 Å². The lowest BCUT2D eigenvalue weighted by atomic mass is 9.86. The van der Waals surface area contributed by atoms with E-state index < -0.39 is 6.04 Å². The van der Waals surface area contributed by atoms with E-state index in [2.05, 4.69) is 52.0 Å². The molecule has 3 aromatic rings. The molecule has 2 heterocycles. The van der Waals surface area contributed by atoms with Crippen LogP contribution in [0, 0.1) is 0 Å². The number of unbranched alkanes of at least 4 members (excludes halogenated alkanes) is 2. The fourth-order valence-electron chi connectivity index (χ4n) is 4.24. The zero-order valence-electron chi connectivity index (χ0n) is 18.2. The Morgan fingerprint density at radius 2 is 1.67 bits per heavy atom. The Balaban J connectivity index is 1.86. The summed E-state index contributed by atoms with van der Waals surface area (Å²) in [7, 11) is 0. The second-order valence-corrected chi connectivity index (χ2v) is 9.15. The molecule has 2 aromatic carbocycles. The number of benzene rings is 2. The van der Waals surface area contributed by atoms with Crippen molar-refractivity contribution in [1.82, 2.24) is 4.90 Å². The minimum atomic E-state index is -0.403. The zero-order valence-corrected chi connectivity index (χ0v) is 18.2. The van der Waals surface area contributed by atoms with Gasteiger partial charge in [0.05, 0.1) is 17.0 Å². The zero-order chi connectivity index (χ0) is 21.5. The number of para-hydroxylation sites is 1. The quantitative estimate of drug-likeness (QED) is 0.504. The van der Waals surface area contributed by atoms with Crippen molar-refractivity contribution >= 4 is 16.9 Å². The maximum Gasteiger partial charge on any atom is 0.290 e. The van der Waals surface area contributed by atoms with Crippen molar-refractivity contribution in [2.75, 3.05) is 6.54 Å². The van der Waals surface area contributed by atoms with E-state index in [4.69, 9.17) is 4.42 Å². The van der Waals surface area contributed by atoms with Crippen LogP contribution in [0.15, 0.2) is 57.7 Å². The van der Waals surface area contributed by atoms with Crippen LogP contribution in [0.25, 0.3) is 11.0 Å². The van der Waals surface area contributed by atoms with Gasteiger partial charge in [0.15, 0.2) is 5.43 Å². The third-order valence-corrected chi connectivity index (χ3v) is 5.97. The molecule has 1 aromatic heterocycles. The van der Waals surface area contributed by atoms with Gasteiger partial charge in [-0.05, 0) is 35.1 Å². The van der Waals surface area contributed by atoms with E-state index in [0.717, 1.165) is 24.8 Å². The highest BCUT2D eigenvalue weighted by Gasteiger charge is 2.42. The van der Waals surface area contributed by atoms with Crippen LogP contribution in [-0.4, -0.2) is 17.4 Å². The summed E-state index contributed by atoms with van der Waals surface area (Å²) in [6.45, 7) is 9.27. The summed E-state index contributed by atoms with van der Waals surface area (Å²) >= 11 is 0. The average Bonchev–Trinajstić information content (AvgIpc) is 3.00. The molecule has 1 atom stereocenters. The van der Waals surface area contributed by atoms with Crippen LogP contribution in [0.5, 0.6) is 0 Å². The molecular formula is C26H29NO3. The standard InChI is InChI=1S/C26H29NO3/c1-5-6-9-16-27-22(17-12-14-18(15-13-17)26(2,3)4)21-23(28)19-10-7-8-11-20(19)30-24(21)25(27)29/h7-8,10-15,22H,5-6,9,16H2,1-4H3. The number of fused-ring (bicyclic) bond motifs is 2. The van der Waals surface area contributed by atoms with Gasteiger partial charge in [-0.25, -0.2) is 0 Å². The number of rotatable bonds is 5. The van der Waals surface area contributed by atoms with Crippen molar-refractivity contribution in [2.45, 2.75) is 58.4 Å². The smallest absolute Gasteiger partial charge is 0.290 e. The minimum Gasteiger partial charge on any atom is -0.450 e. The number of nitrogens with zero attached hydrogens (tertiary/aromatic N) is 1. The maximum atomic E-state index is 13.4. The van der Waals surface area contributed by atoms with Crippen LogP contribution in [0.1, 0.15) is 80.2 Å². The summed E-state index contributed by atoms with van der Waals surface area (Å²) in [4.78, 5) is 28.5. The molecule has 0 radical (unpaired) electrons. The minimum absolute atomic E-state index is 0.0397. The molecule has 0 aliphatic carbocycles. The first kappa shape index (κ1) is 20.4. The van der Waals surface area contributed by atoms with Crippen molar-refractivity contribution in [3.05, 3.63) is 81.2 Å². The summed E-state index contributed by atoms with van der Waals surface area (Å²) in [5.74, 6) is 0.00829. The molecular weight excluding hydrogens is 374 g/mol. The number of hydrogen-bond donors (Lipinski definition) is 0. The molecule has 4 heteroatoms. The van der Waals surface area contributed by atoms with Crippen LogP contribution in [0.2, 0.25) is 0 Å². The van der Waals surface area contributed by atoms with Gasteiger partial charge < -0.3 is 9.32 Å². The largest absolute Gasteiger partial charge is 0.450 e. The van der Waals surface area contributed by atoms with Gasteiger partial charge in [0.2, 0.25) is 5.76 Å². The second kappa shape index (κ2) is 7.75. The Morgan fingerprint density at radius 1 is 0.967 bits per heavy atom. The summed E-state index contributed by atoms with van der Waals surface area (Å²) in [6, 6.07) is 15.1. The normalized spacial score (nSPS) is 16.3. The van der Waals surface area contributed by atoms with Crippen molar-refractivity contribution < 1.29 is 9.21 Å². The second-order valence-electron chi connectivity index (χ2n) is 9.15. The van der Waals surface area contributed by atoms with Gasteiger partial charge in [-0.1, -0.05) is 76.9 Å². The first-order valence-electron chi connectivity index (χ1n) is 10.8. The van der Waals surface area contributed by atoms with E-state index in [0.29, 0.717) is 23.1 Å². The summed E-state index contributed by atoms with van der Waals surface area (Å²) in [5, 5.41) is 0.524. The first-order valence-corrected chi connectivity index (χ1v) is 10.8. The molecule has 1 unspecified atom stereocenters. The molecule has 0 bridgehead atoms. The molecule has 1 amide bonds. The van der Waals surface area contributed by atoms with Crippen LogP contribution in [0.4, 0.5) is 0 Å². The Labute approximate surface area is 177 Å². The Morgan fingerprint density at radius 3 is 2.33 bits per heavy atom. The third kappa shape index (κ3) is 3.45. The summed E-state index contributed by atoms with van der Waals surface area (Å²) in [6.07, 6.45) is 3.01. The Hall–Kier alpha value is -2.88. The molecule has 0 N–H and O–H groups in total. The number of carbonyl (C=O) groups is 1. The number of hydrogen-bond acceptors (Lipinski definition) is 3. The fourth-order valence-corrected chi connectivity index (χ4v) is 4.24. The van der Waals surface area contributed by atoms with Gasteiger partial charge in [-0.3, -0.25) is 9.59 Å². The molecule has 4 rings (SSSR count). The van der Waals surface area contributed by atoms with Gasteiger partial charge in [0, 0.05) is 6.54 Å². The van der Waals surface area contributed by atoms with Crippen molar-refractivity contribution in [1.29, 1.82) is 0 Å². The molecule has 0 saturated heterocycles. The average molecular weight is 404 g/mol. The van der Waals surface area contributed by atoms with Gasteiger partial charge >= 0.3 is 0 Å².